The number of hydrogen-bond donors (Lipinski definition) is 3. The van der Waals surface area contributed by atoms with Crippen molar-refractivity contribution < 1.29 is 28.2 Å². The smallest absolute Gasteiger partial charge is 0.414 e. The molecule has 3 N–H and O–H groups in total. The van der Waals surface area contributed by atoms with Crippen molar-refractivity contribution in [2.24, 2.45) is 0 Å². The highest BCUT2D eigenvalue weighted by Gasteiger charge is 2.21. The third-order valence-electron chi connectivity index (χ3n) is 3.67. The molecule has 2 aromatic heterocycles. The van der Waals surface area contributed by atoms with Gasteiger partial charge in [0.15, 0.2) is 0 Å². The number of nitrogens with one attached hydrogen (secondary N) is 1. The molecule has 0 saturated carbocycles. The van der Waals surface area contributed by atoms with Crippen LogP contribution in [-0.2, 0) is 26.2 Å². The second kappa shape index (κ2) is 9.62. The number of nitrogens with zero attached hydrogens (tertiary/aromatic N) is 2. The lowest BCUT2D eigenvalue weighted by Crippen LogP contribution is -2.13. The first-order valence-electron chi connectivity index (χ1n) is 8.30. The number of aromatic nitrogens is 2. The van der Waals surface area contributed by atoms with Crippen molar-refractivity contribution in [3.05, 3.63) is 72.7 Å². The monoisotopic (exact) mass is 417 g/mol. The molecule has 0 saturated heterocycles. The molecule has 0 atom stereocenters. The van der Waals surface area contributed by atoms with Gasteiger partial charge in [0.2, 0.25) is 0 Å². The van der Waals surface area contributed by atoms with E-state index in [-0.39, 0.29) is 4.90 Å². The molecule has 3 rings (SSSR count). The van der Waals surface area contributed by atoms with Crippen LogP contribution in [0.1, 0.15) is 5.56 Å². The van der Waals surface area contributed by atoms with Crippen LogP contribution < -0.4 is 5.32 Å². The SMILES string of the molecule is CNCc1cc(-c2ccccc2)n(S(=O)(=O)c2cccnc2)c1.O=C(O)C(=O)O. The van der Waals surface area contributed by atoms with Gasteiger partial charge in [-0.1, -0.05) is 30.3 Å². The number of hydrogen-bond acceptors (Lipinski definition) is 6. The van der Waals surface area contributed by atoms with E-state index in [1.807, 2.05) is 43.4 Å². The average Bonchev–Trinajstić information content (AvgIpc) is 3.15. The molecule has 9 nitrogen and oxygen atoms in total. The number of carboxylic acids is 2. The van der Waals surface area contributed by atoms with Gasteiger partial charge in [0.25, 0.3) is 10.0 Å². The van der Waals surface area contributed by atoms with Gasteiger partial charge in [0.1, 0.15) is 4.90 Å². The summed E-state index contributed by atoms with van der Waals surface area (Å²) in [6, 6.07) is 14.5. The highest BCUT2D eigenvalue weighted by atomic mass is 32.2. The number of carbonyl (C=O) groups is 2. The van der Waals surface area contributed by atoms with Crippen LogP contribution in [0.3, 0.4) is 0 Å². The fraction of sp³-hybridized carbons (Fsp3) is 0.105. The number of carboxylic acid groups (broad SMARTS) is 2. The second-order valence-electron chi connectivity index (χ2n) is 5.73. The van der Waals surface area contributed by atoms with E-state index in [0.717, 1.165) is 11.1 Å². The van der Waals surface area contributed by atoms with Gasteiger partial charge < -0.3 is 15.5 Å². The summed E-state index contributed by atoms with van der Waals surface area (Å²) < 4.78 is 27.2. The van der Waals surface area contributed by atoms with Crippen LogP contribution in [0.25, 0.3) is 11.3 Å². The van der Waals surface area contributed by atoms with E-state index in [4.69, 9.17) is 19.8 Å². The first-order valence-corrected chi connectivity index (χ1v) is 9.74. The Balaban J connectivity index is 0.000000438. The Morgan fingerprint density at radius 3 is 2.24 bits per heavy atom. The predicted octanol–water partition coefficient (Wildman–Crippen LogP) is 1.66. The van der Waals surface area contributed by atoms with E-state index >= 15 is 0 Å². The maximum absolute atomic E-state index is 12.9. The van der Waals surface area contributed by atoms with E-state index in [9.17, 15) is 8.42 Å². The van der Waals surface area contributed by atoms with Gasteiger partial charge in [-0.05, 0) is 36.4 Å². The Hall–Kier alpha value is -3.50. The van der Waals surface area contributed by atoms with Gasteiger partial charge in [0.05, 0.1) is 5.69 Å². The molecular weight excluding hydrogens is 398 g/mol. The molecular formula is C19H19N3O6S. The summed E-state index contributed by atoms with van der Waals surface area (Å²) in [5.41, 5.74) is 2.39. The van der Waals surface area contributed by atoms with Crippen molar-refractivity contribution >= 4 is 22.0 Å². The third kappa shape index (κ3) is 5.50. The summed E-state index contributed by atoms with van der Waals surface area (Å²) in [5.74, 6) is -3.65. The van der Waals surface area contributed by atoms with E-state index in [0.29, 0.717) is 12.2 Å². The van der Waals surface area contributed by atoms with Crippen LogP contribution in [0.2, 0.25) is 0 Å². The third-order valence-corrected chi connectivity index (χ3v) is 5.32. The lowest BCUT2D eigenvalue weighted by Gasteiger charge is -2.10. The zero-order chi connectivity index (χ0) is 21.4. The first kappa shape index (κ1) is 21.8. The minimum absolute atomic E-state index is 0.170. The largest absolute Gasteiger partial charge is 0.473 e. The summed E-state index contributed by atoms with van der Waals surface area (Å²) in [4.78, 5) is 22.3. The molecule has 0 spiro atoms. The normalized spacial score (nSPS) is 10.7. The standard InChI is InChI=1S/C17H17N3O2S.C2H2O4/c1-18-11-14-10-17(15-6-3-2-4-7-15)20(13-14)23(21,22)16-8-5-9-19-12-16;3-1(4)2(5)6/h2-10,12-13,18H,11H2,1H3;(H,3,4)(H,5,6). The van der Waals surface area contributed by atoms with Crippen molar-refractivity contribution in [3.63, 3.8) is 0 Å². The zero-order valence-corrected chi connectivity index (χ0v) is 16.2. The summed E-state index contributed by atoms with van der Waals surface area (Å²) in [6.07, 6.45) is 4.57. The molecule has 0 unspecified atom stereocenters. The summed E-state index contributed by atoms with van der Waals surface area (Å²) in [6.45, 7) is 0.593. The molecule has 3 aromatic rings. The molecule has 0 amide bonds. The van der Waals surface area contributed by atoms with Gasteiger partial charge in [-0.3, -0.25) is 4.98 Å². The van der Waals surface area contributed by atoms with Gasteiger partial charge in [-0.15, -0.1) is 0 Å². The summed E-state index contributed by atoms with van der Waals surface area (Å²) in [7, 11) is -1.86. The zero-order valence-electron chi connectivity index (χ0n) is 15.4. The van der Waals surface area contributed by atoms with Crippen molar-refractivity contribution in [2.45, 2.75) is 11.4 Å². The summed E-state index contributed by atoms with van der Waals surface area (Å²) in [5, 5.41) is 17.8. The van der Waals surface area contributed by atoms with Crippen LogP contribution in [-0.4, -0.2) is 46.6 Å². The van der Waals surface area contributed by atoms with Crippen molar-refractivity contribution in [3.8, 4) is 11.3 Å². The molecule has 0 aliphatic rings. The maximum Gasteiger partial charge on any atom is 0.414 e. The van der Waals surface area contributed by atoms with Crippen LogP contribution in [0.4, 0.5) is 0 Å². The lowest BCUT2D eigenvalue weighted by atomic mass is 10.1. The molecule has 29 heavy (non-hydrogen) atoms. The molecule has 1 aromatic carbocycles. The minimum atomic E-state index is -3.69. The molecule has 2 heterocycles. The molecule has 152 valence electrons. The predicted molar refractivity (Wildman–Crippen MR) is 105 cm³/mol. The molecule has 0 fully saturated rings. The van der Waals surface area contributed by atoms with Crippen LogP contribution in [0.15, 0.2) is 72.0 Å². The molecule has 0 radical (unpaired) electrons. The molecule has 0 aliphatic heterocycles. The van der Waals surface area contributed by atoms with Gasteiger partial charge >= 0.3 is 11.9 Å². The van der Waals surface area contributed by atoms with E-state index in [2.05, 4.69) is 10.3 Å². The molecule has 10 heteroatoms. The minimum Gasteiger partial charge on any atom is -0.473 e. The Kier molecular flexibility index (Phi) is 7.23. The Labute approximate surface area is 167 Å². The topological polar surface area (TPSA) is 139 Å². The fourth-order valence-electron chi connectivity index (χ4n) is 2.43. The number of rotatable bonds is 5. The molecule has 0 aliphatic carbocycles. The highest BCUT2D eigenvalue weighted by molar-refractivity contribution is 7.90. The van der Waals surface area contributed by atoms with Gasteiger partial charge in [0, 0.05) is 25.1 Å². The quantitative estimate of drug-likeness (QED) is 0.533. The number of pyridine rings is 1. The van der Waals surface area contributed by atoms with Gasteiger partial charge in [-0.2, -0.15) is 0 Å². The van der Waals surface area contributed by atoms with Crippen LogP contribution in [0.5, 0.6) is 0 Å². The average molecular weight is 417 g/mol. The number of benzene rings is 1. The van der Waals surface area contributed by atoms with E-state index in [1.165, 1.54) is 10.2 Å². The Morgan fingerprint density at radius 1 is 1.07 bits per heavy atom. The Morgan fingerprint density at radius 2 is 1.72 bits per heavy atom. The van der Waals surface area contributed by atoms with Crippen molar-refractivity contribution in [1.29, 1.82) is 0 Å². The first-order chi connectivity index (χ1) is 13.8. The van der Waals surface area contributed by atoms with Gasteiger partial charge in [-0.25, -0.2) is 22.0 Å². The lowest BCUT2D eigenvalue weighted by molar-refractivity contribution is -0.159. The maximum atomic E-state index is 12.9. The second-order valence-corrected chi connectivity index (χ2v) is 7.54. The van der Waals surface area contributed by atoms with Crippen molar-refractivity contribution in [2.75, 3.05) is 7.05 Å². The highest BCUT2D eigenvalue weighted by Crippen LogP contribution is 2.26. The Bertz CT molecular complexity index is 1070. The molecule has 0 bridgehead atoms. The fourth-order valence-corrected chi connectivity index (χ4v) is 3.79. The summed E-state index contributed by atoms with van der Waals surface area (Å²) >= 11 is 0. The van der Waals surface area contributed by atoms with Crippen LogP contribution >= 0.6 is 0 Å². The van der Waals surface area contributed by atoms with E-state index < -0.39 is 22.0 Å². The number of aliphatic carboxylic acids is 2. The van der Waals surface area contributed by atoms with Crippen molar-refractivity contribution in [1.82, 2.24) is 14.3 Å². The van der Waals surface area contributed by atoms with E-state index in [1.54, 1.807) is 24.5 Å². The van der Waals surface area contributed by atoms with Crippen LogP contribution in [0, 0.1) is 0 Å².